The summed E-state index contributed by atoms with van der Waals surface area (Å²) in [6.07, 6.45) is 3.07. The molecule has 0 aromatic carbocycles. The molecule has 0 saturated carbocycles. The Labute approximate surface area is 104 Å². The molecule has 2 heterocycles. The highest BCUT2D eigenvalue weighted by molar-refractivity contribution is 5.94. The van der Waals surface area contributed by atoms with Crippen LogP contribution in [0.5, 0.6) is 0 Å². The van der Waals surface area contributed by atoms with E-state index in [1.807, 2.05) is 0 Å². The molecule has 0 unspecified atom stereocenters. The normalized spacial score (nSPS) is 10.1. The molecule has 6 nitrogen and oxygen atoms in total. The van der Waals surface area contributed by atoms with Crippen LogP contribution in [-0.4, -0.2) is 20.9 Å². The maximum Gasteiger partial charge on any atom is 0.251 e. The summed E-state index contributed by atoms with van der Waals surface area (Å²) in [6, 6.07) is 4.97. The number of carbonyl (C=O) groups is 1. The van der Waals surface area contributed by atoms with E-state index in [1.165, 1.54) is 6.33 Å². The molecule has 0 aliphatic heterocycles. The number of hydrogen-bond acceptors (Lipinski definition) is 5. The number of nitrogens with two attached hydrogens (primary N) is 1. The summed E-state index contributed by atoms with van der Waals surface area (Å²) in [5.41, 5.74) is 7.54. The lowest BCUT2D eigenvalue weighted by Crippen LogP contribution is -2.23. The minimum absolute atomic E-state index is 0.203. The maximum atomic E-state index is 11.9. The average molecular weight is 243 g/mol. The summed E-state index contributed by atoms with van der Waals surface area (Å²) in [4.78, 5) is 23.7. The number of rotatable bonds is 3. The summed E-state index contributed by atoms with van der Waals surface area (Å²) in [5, 5.41) is 2.76. The van der Waals surface area contributed by atoms with Crippen LogP contribution < -0.4 is 11.1 Å². The predicted octanol–water partition coefficient (Wildman–Crippen LogP) is 0.692. The van der Waals surface area contributed by atoms with Crippen molar-refractivity contribution < 1.29 is 4.79 Å². The highest BCUT2D eigenvalue weighted by Gasteiger charge is 2.07. The lowest BCUT2D eigenvalue weighted by atomic mass is 10.2. The molecule has 0 bridgehead atoms. The molecule has 0 aliphatic carbocycles. The second kappa shape index (κ2) is 5.22. The van der Waals surface area contributed by atoms with Gasteiger partial charge >= 0.3 is 0 Å². The Hall–Kier alpha value is -2.50. The third-order valence-electron chi connectivity index (χ3n) is 2.31. The van der Waals surface area contributed by atoms with Crippen molar-refractivity contribution in [3.8, 4) is 0 Å². The Morgan fingerprint density at radius 3 is 2.94 bits per heavy atom. The fraction of sp³-hybridized carbons (Fsp3) is 0.167. The summed E-state index contributed by atoms with van der Waals surface area (Å²) in [5.74, 6) is 0.132. The SMILES string of the molecule is Cc1cc(C(=O)NCc2ccncn2)cc(N)n1. The number of amides is 1. The van der Waals surface area contributed by atoms with Crippen LogP contribution in [0, 0.1) is 6.92 Å². The third-order valence-corrected chi connectivity index (χ3v) is 2.31. The van der Waals surface area contributed by atoms with Gasteiger partial charge in [-0.2, -0.15) is 0 Å². The number of nitrogens with zero attached hydrogens (tertiary/aromatic N) is 3. The number of pyridine rings is 1. The smallest absolute Gasteiger partial charge is 0.251 e. The van der Waals surface area contributed by atoms with Gasteiger partial charge in [-0.25, -0.2) is 15.0 Å². The van der Waals surface area contributed by atoms with E-state index in [9.17, 15) is 4.79 Å². The molecule has 0 radical (unpaired) electrons. The number of nitrogens with one attached hydrogen (secondary N) is 1. The van der Waals surface area contributed by atoms with Crippen LogP contribution in [0.2, 0.25) is 0 Å². The molecule has 2 aromatic rings. The van der Waals surface area contributed by atoms with Crippen molar-refractivity contribution >= 4 is 11.7 Å². The average Bonchev–Trinajstić information content (AvgIpc) is 2.36. The zero-order valence-electron chi connectivity index (χ0n) is 9.92. The van der Waals surface area contributed by atoms with Crippen molar-refractivity contribution in [2.24, 2.45) is 0 Å². The fourth-order valence-electron chi connectivity index (χ4n) is 1.52. The van der Waals surface area contributed by atoms with Crippen LogP contribution >= 0.6 is 0 Å². The predicted molar refractivity (Wildman–Crippen MR) is 66.6 cm³/mol. The van der Waals surface area contributed by atoms with Crippen molar-refractivity contribution in [3.05, 3.63) is 47.7 Å². The first-order chi connectivity index (χ1) is 8.65. The van der Waals surface area contributed by atoms with Gasteiger partial charge in [-0.15, -0.1) is 0 Å². The van der Waals surface area contributed by atoms with Gasteiger partial charge in [-0.05, 0) is 25.1 Å². The molecule has 1 amide bonds. The Morgan fingerprint density at radius 1 is 1.44 bits per heavy atom. The minimum atomic E-state index is -0.203. The molecule has 0 atom stereocenters. The number of aryl methyl sites for hydroxylation is 1. The summed E-state index contributed by atoms with van der Waals surface area (Å²) in [6.45, 7) is 2.14. The zero-order valence-corrected chi connectivity index (χ0v) is 9.92. The van der Waals surface area contributed by atoms with Crippen LogP contribution in [0.25, 0.3) is 0 Å². The first kappa shape index (κ1) is 12.0. The molecular formula is C12H13N5O. The van der Waals surface area contributed by atoms with Gasteiger partial charge in [0.1, 0.15) is 12.1 Å². The summed E-state index contributed by atoms with van der Waals surface area (Å²) in [7, 11) is 0. The van der Waals surface area contributed by atoms with E-state index >= 15 is 0 Å². The molecular weight excluding hydrogens is 230 g/mol. The molecule has 0 saturated heterocycles. The monoisotopic (exact) mass is 243 g/mol. The highest BCUT2D eigenvalue weighted by atomic mass is 16.1. The number of nitrogen functional groups attached to an aromatic ring is 1. The molecule has 0 aliphatic rings. The van der Waals surface area contributed by atoms with E-state index in [4.69, 9.17) is 5.73 Å². The van der Waals surface area contributed by atoms with Gasteiger partial charge in [-0.1, -0.05) is 0 Å². The van der Waals surface area contributed by atoms with Crippen molar-refractivity contribution in [1.29, 1.82) is 0 Å². The summed E-state index contributed by atoms with van der Waals surface area (Å²) < 4.78 is 0. The molecule has 2 aromatic heterocycles. The second-order valence-corrected chi connectivity index (χ2v) is 3.81. The van der Waals surface area contributed by atoms with E-state index in [0.717, 1.165) is 5.69 Å². The molecule has 2 rings (SSSR count). The quantitative estimate of drug-likeness (QED) is 0.827. The first-order valence-corrected chi connectivity index (χ1v) is 5.42. The van der Waals surface area contributed by atoms with Crippen molar-refractivity contribution in [1.82, 2.24) is 20.3 Å². The van der Waals surface area contributed by atoms with Crippen LogP contribution in [0.4, 0.5) is 5.82 Å². The van der Waals surface area contributed by atoms with Gasteiger partial charge in [0.25, 0.3) is 5.91 Å². The lowest BCUT2D eigenvalue weighted by molar-refractivity contribution is 0.0950. The zero-order chi connectivity index (χ0) is 13.0. The van der Waals surface area contributed by atoms with Crippen molar-refractivity contribution in [2.75, 3.05) is 5.73 Å². The van der Waals surface area contributed by atoms with E-state index < -0.39 is 0 Å². The van der Waals surface area contributed by atoms with Gasteiger partial charge in [-0.3, -0.25) is 4.79 Å². The van der Waals surface area contributed by atoms with Crippen molar-refractivity contribution in [3.63, 3.8) is 0 Å². The van der Waals surface area contributed by atoms with Crippen LogP contribution in [0.3, 0.4) is 0 Å². The molecule has 3 N–H and O–H groups in total. The number of anilines is 1. The van der Waals surface area contributed by atoms with Gasteiger partial charge in [0.15, 0.2) is 0 Å². The number of aromatic nitrogens is 3. The molecule has 0 fully saturated rings. The Kier molecular flexibility index (Phi) is 3.47. The van der Waals surface area contributed by atoms with Crippen LogP contribution in [0.15, 0.2) is 30.7 Å². The van der Waals surface area contributed by atoms with Crippen LogP contribution in [0.1, 0.15) is 21.7 Å². The largest absolute Gasteiger partial charge is 0.384 e. The van der Waals surface area contributed by atoms with E-state index in [1.54, 1.807) is 31.3 Å². The van der Waals surface area contributed by atoms with E-state index in [0.29, 0.717) is 23.6 Å². The van der Waals surface area contributed by atoms with Gasteiger partial charge in [0.05, 0.1) is 12.2 Å². The molecule has 0 spiro atoms. The first-order valence-electron chi connectivity index (χ1n) is 5.42. The van der Waals surface area contributed by atoms with Crippen LogP contribution in [-0.2, 0) is 6.54 Å². The van der Waals surface area contributed by atoms with Gasteiger partial charge in [0, 0.05) is 17.5 Å². The third kappa shape index (κ3) is 3.00. The molecule has 92 valence electrons. The van der Waals surface area contributed by atoms with E-state index in [2.05, 4.69) is 20.3 Å². The van der Waals surface area contributed by atoms with Gasteiger partial charge < -0.3 is 11.1 Å². The Morgan fingerprint density at radius 2 is 2.28 bits per heavy atom. The molecule has 18 heavy (non-hydrogen) atoms. The summed E-state index contributed by atoms with van der Waals surface area (Å²) >= 11 is 0. The van der Waals surface area contributed by atoms with Gasteiger partial charge in [0.2, 0.25) is 0 Å². The highest BCUT2D eigenvalue weighted by Crippen LogP contribution is 2.07. The number of hydrogen-bond donors (Lipinski definition) is 2. The lowest BCUT2D eigenvalue weighted by Gasteiger charge is -2.06. The fourth-order valence-corrected chi connectivity index (χ4v) is 1.52. The maximum absolute atomic E-state index is 11.9. The standard InChI is InChI=1S/C12H13N5O/c1-8-4-9(5-11(13)17-8)12(18)15-6-10-2-3-14-7-16-10/h2-5,7H,6H2,1H3,(H2,13,17)(H,15,18). The second-order valence-electron chi connectivity index (χ2n) is 3.81. The number of carbonyl (C=O) groups excluding carboxylic acids is 1. The minimum Gasteiger partial charge on any atom is -0.384 e. The van der Waals surface area contributed by atoms with E-state index in [-0.39, 0.29) is 5.91 Å². The topological polar surface area (TPSA) is 93.8 Å². The Balaban J connectivity index is 2.04. The van der Waals surface area contributed by atoms with Crippen molar-refractivity contribution in [2.45, 2.75) is 13.5 Å². The Bertz CT molecular complexity index is 535. The molecule has 6 heteroatoms.